The number of hydrazone groups is 1. The van der Waals surface area contributed by atoms with Crippen molar-refractivity contribution in [3.05, 3.63) is 53.1 Å². The van der Waals surface area contributed by atoms with Gasteiger partial charge in [-0.25, -0.2) is 5.43 Å². The van der Waals surface area contributed by atoms with Gasteiger partial charge in [0.05, 0.1) is 11.5 Å². The third kappa shape index (κ3) is 4.67. The summed E-state index contributed by atoms with van der Waals surface area (Å²) in [5, 5.41) is 4.41. The maximum absolute atomic E-state index is 12.2. The third-order valence-electron chi connectivity index (χ3n) is 3.47. The first-order valence-electron chi connectivity index (χ1n) is 7.77. The van der Waals surface area contributed by atoms with Crippen molar-refractivity contribution in [2.45, 2.75) is 17.1 Å². The molecule has 0 saturated carbocycles. The van der Waals surface area contributed by atoms with Crippen LogP contribution in [0.4, 0.5) is 0 Å². The number of benzene rings is 2. The first-order chi connectivity index (χ1) is 12.1. The molecule has 0 radical (unpaired) electrons. The van der Waals surface area contributed by atoms with E-state index in [0.29, 0.717) is 29.7 Å². The minimum Gasteiger partial charge on any atom is -0.486 e. The van der Waals surface area contributed by atoms with Gasteiger partial charge >= 0.3 is 0 Å². The molecule has 2 aromatic rings. The van der Waals surface area contributed by atoms with Crippen LogP contribution in [-0.2, 0) is 4.79 Å². The van der Waals surface area contributed by atoms with Crippen molar-refractivity contribution in [3.63, 3.8) is 0 Å². The van der Waals surface area contributed by atoms with Gasteiger partial charge in [0.15, 0.2) is 11.5 Å². The number of thioether (sulfide) groups is 1. The Bertz CT molecular complexity index is 780. The summed E-state index contributed by atoms with van der Waals surface area (Å²) >= 11 is 7.30. The van der Waals surface area contributed by atoms with Crippen LogP contribution in [0.1, 0.15) is 12.5 Å². The van der Waals surface area contributed by atoms with Crippen LogP contribution in [0.25, 0.3) is 0 Å². The smallest absolute Gasteiger partial charge is 0.253 e. The van der Waals surface area contributed by atoms with Gasteiger partial charge in [0, 0.05) is 15.5 Å². The average Bonchev–Trinajstić information content (AvgIpc) is 2.63. The molecule has 2 aromatic carbocycles. The summed E-state index contributed by atoms with van der Waals surface area (Å²) in [6.45, 7) is 2.86. The molecule has 25 heavy (non-hydrogen) atoms. The molecule has 7 heteroatoms. The molecule has 0 saturated heterocycles. The van der Waals surface area contributed by atoms with Crippen molar-refractivity contribution in [1.29, 1.82) is 0 Å². The summed E-state index contributed by atoms with van der Waals surface area (Å²) in [6.07, 6.45) is 1.56. The van der Waals surface area contributed by atoms with E-state index in [0.717, 1.165) is 10.5 Å². The maximum atomic E-state index is 12.2. The number of amides is 1. The molecule has 3 rings (SSSR count). The van der Waals surface area contributed by atoms with Crippen LogP contribution in [0, 0.1) is 0 Å². The van der Waals surface area contributed by atoms with Crippen molar-refractivity contribution >= 4 is 35.5 Å². The number of carbonyl (C=O) groups is 1. The van der Waals surface area contributed by atoms with Crippen LogP contribution in [0.3, 0.4) is 0 Å². The normalized spacial score (nSPS) is 14.3. The van der Waals surface area contributed by atoms with E-state index in [9.17, 15) is 4.79 Å². The minimum atomic E-state index is -0.289. The first kappa shape index (κ1) is 17.6. The second-order valence-corrected chi connectivity index (χ2v) is 7.17. The van der Waals surface area contributed by atoms with E-state index in [2.05, 4.69) is 10.5 Å². The molecule has 1 aliphatic rings. The summed E-state index contributed by atoms with van der Waals surface area (Å²) < 4.78 is 11.1. The van der Waals surface area contributed by atoms with Crippen LogP contribution in [0.5, 0.6) is 11.5 Å². The number of hydrogen-bond donors (Lipinski definition) is 1. The number of fused-ring (bicyclic) bond motifs is 1. The maximum Gasteiger partial charge on any atom is 0.253 e. The average molecular weight is 377 g/mol. The molecular weight excluding hydrogens is 360 g/mol. The first-order valence-corrected chi connectivity index (χ1v) is 9.03. The molecule has 1 heterocycles. The van der Waals surface area contributed by atoms with E-state index in [1.165, 1.54) is 11.8 Å². The summed E-state index contributed by atoms with van der Waals surface area (Å²) in [4.78, 5) is 13.1. The van der Waals surface area contributed by atoms with Gasteiger partial charge in [-0.3, -0.25) is 4.79 Å². The van der Waals surface area contributed by atoms with Crippen LogP contribution in [0.15, 0.2) is 52.5 Å². The van der Waals surface area contributed by atoms with Crippen molar-refractivity contribution in [2.75, 3.05) is 13.2 Å². The molecule has 0 aromatic heterocycles. The highest BCUT2D eigenvalue weighted by Gasteiger charge is 2.15. The zero-order chi connectivity index (χ0) is 17.6. The SMILES string of the molecule is C[C@H](Sc1ccc(Cl)cc1)C(=O)N/N=C\c1cccc2c1OCCO2. The molecule has 0 unspecified atom stereocenters. The fraction of sp³-hybridized carbons (Fsp3) is 0.222. The van der Waals surface area contributed by atoms with Crippen LogP contribution < -0.4 is 14.9 Å². The van der Waals surface area contributed by atoms with Crippen molar-refractivity contribution in [1.82, 2.24) is 5.43 Å². The lowest BCUT2D eigenvalue weighted by Crippen LogP contribution is -2.26. The molecule has 1 atom stereocenters. The fourth-order valence-corrected chi connectivity index (χ4v) is 3.21. The summed E-state index contributed by atoms with van der Waals surface area (Å²) in [5.41, 5.74) is 3.32. The van der Waals surface area contributed by atoms with E-state index in [-0.39, 0.29) is 11.2 Å². The van der Waals surface area contributed by atoms with Crippen LogP contribution in [-0.4, -0.2) is 30.6 Å². The van der Waals surface area contributed by atoms with Crippen molar-refractivity contribution < 1.29 is 14.3 Å². The van der Waals surface area contributed by atoms with E-state index in [4.69, 9.17) is 21.1 Å². The van der Waals surface area contributed by atoms with Gasteiger partial charge in [0.1, 0.15) is 13.2 Å². The predicted octanol–water partition coefficient (Wildman–Crippen LogP) is 3.74. The zero-order valence-corrected chi connectivity index (χ0v) is 15.1. The Kier molecular flexibility index (Phi) is 5.83. The molecule has 1 aliphatic heterocycles. The van der Waals surface area contributed by atoms with Gasteiger partial charge in [-0.2, -0.15) is 5.10 Å². The summed E-state index contributed by atoms with van der Waals surface area (Å²) in [5.74, 6) is 1.15. The van der Waals surface area contributed by atoms with Gasteiger partial charge in [0.25, 0.3) is 5.91 Å². The lowest BCUT2D eigenvalue weighted by atomic mass is 10.2. The number of para-hydroxylation sites is 1. The molecular formula is C18H17ClN2O3S. The highest BCUT2D eigenvalue weighted by Crippen LogP contribution is 2.32. The Labute approximate surface area is 155 Å². The quantitative estimate of drug-likeness (QED) is 0.490. The summed E-state index contributed by atoms with van der Waals surface area (Å²) in [7, 11) is 0. The Morgan fingerprint density at radius 2 is 2.00 bits per heavy atom. The molecule has 5 nitrogen and oxygen atoms in total. The van der Waals surface area contributed by atoms with Crippen LogP contribution >= 0.6 is 23.4 Å². The van der Waals surface area contributed by atoms with Crippen molar-refractivity contribution in [3.8, 4) is 11.5 Å². The Morgan fingerprint density at radius 3 is 2.80 bits per heavy atom. The molecule has 1 amide bonds. The zero-order valence-electron chi connectivity index (χ0n) is 13.6. The number of hydrogen-bond acceptors (Lipinski definition) is 5. The molecule has 0 spiro atoms. The molecule has 0 aliphatic carbocycles. The number of nitrogens with zero attached hydrogens (tertiary/aromatic N) is 1. The number of rotatable bonds is 5. The fourth-order valence-electron chi connectivity index (χ4n) is 2.23. The Morgan fingerprint density at radius 1 is 1.24 bits per heavy atom. The highest BCUT2D eigenvalue weighted by atomic mass is 35.5. The second kappa shape index (κ2) is 8.27. The highest BCUT2D eigenvalue weighted by molar-refractivity contribution is 8.00. The van der Waals surface area contributed by atoms with Gasteiger partial charge in [-0.1, -0.05) is 17.7 Å². The van der Waals surface area contributed by atoms with Gasteiger partial charge < -0.3 is 9.47 Å². The molecule has 1 N–H and O–H groups in total. The van der Waals surface area contributed by atoms with E-state index in [1.807, 2.05) is 37.3 Å². The second-order valence-electron chi connectivity index (χ2n) is 5.32. The number of ether oxygens (including phenoxy) is 2. The minimum absolute atomic E-state index is 0.182. The van der Waals surface area contributed by atoms with E-state index < -0.39 is 0 Å². The topological polar surface area (TPSA) is 59.9 Å². The third-order valence-corrected chi connectivity index (χ3v) is 4.83. The lowest BCUT2D eigenvalue weighted by molar-refractivity contribution is -0.120. The molecule has 130 valence electrons. The van der Waals surface area contributed by atoms with E-state index >= 15 is 0 Å². The van der Waals surface area contributed by atoms with Gasteiger partial charge in [-0.05, 0) is 43.3 Å². The lowest BCUT2D eigenvalue weighted by Gasteiger charge is -2.19. The largest absolute Gasteiger partial charge is 0.486 e. The molecule has 0 bridgehead atoms. The Hall–Kier alpha value is -2.18. The molecule has 0 fully saturated rings. The number of halogens is 1. The number of carbonyl (C=O) groups excluding carboxylic acids is 1. The van der Waals surface area contributed by atoms with E-state index in [1.54, 1.807) is 18.3 Å². The monoisotopic (exact) mass is 376 g/mol. The van der Waals surface area contributed by atoms with Crippen molar-refractivity contribution in [2.24, 2.45) is 5.10 Å². The standard InChI is InChI=1S/C18H17ClN2O3S/c1-12(25-15-7-5-14(19)6-8-15)18(22)21-20-11-13-3-2-4-16-17(13)24-10-9-23-16/h2-8,11-12H,9-10H2,1H3,(H,21,22)/b20-11-/t12-/m0/s1. The van der Waals surface area contributed by atoms with Crippen LogP contribution in [0.2, 0.25) is 5.02 Å². The summed E-state index contributed by atoms with van der Waals surface area (Å²) in [6, 6.07) is 12.9. The predicted molar refractivity (Wildman–Crippen MR) is 99.9 cm³/mol. The van der Waals surface area contributed by atoms with Gasteiger partial charge in [0.2, 0.25) is 0 Å². The Balaban J connectivity index is 1.58. The number of nitrogens with one attached hydrogen (secondary N) is 1. The van der Waals surface area contributed by atoms with Gasteiger partial charge in [-0.15, -0.1) is 11.8 Å².